The Morgan fingerprint density at radius 2 is 2.00 bits per heavy atom. The molecule has 0 saturated carbocycles. The summed E-state index contributed by atoms with van der Waals surface area (Å²) in [6.45, 7) is 6.58. The average Bonchev–Trinajstić information content (AvgIpc) is 2.45. The fourth-order valence-electron chi connectivity index (χ4n) is 1.91. The van der Waals surface area contributed by atoms with E-state index in [2.05, 4.69) is 24.1 Å². The normalized spacial score (nSPS) is 10.9. The Bertz CT molecular complexity index is 572. The molecule has 0 radical (unpaired) electrons. The minimum absolute atomic E-state index is 0.469. The van der Waals surface area contributed by atoms with Gasteiger partial charge in [-0.05, 0) is 36.2 Å². The molecule has 1 heterocycles. The van der Waals surface area contributed by atoms with Gasteiger partial charge in [-0.1, -0.05) is 43.6 Å². The predicted molar refractivity (Wildman–Crippen MR) is 86.6 cm³/mol. The molecule has 0 spiro atoms. The van der Waals surface area contributed by atoms with Gasteiger partial charge in [0, 0.05) is 17.6 Å². The molecule has 4 heteroatoms. The number of hydrogen-bond donors (Lipinski definition) is 1. The maximum Gasteiger partial charge on any atom is 0.213 e. The van der Waals surface area contributed by atoms with Crippen molar-refractivity contribution in [2.24, 2.45) is 5.92 Å². The Hall–Kier alpha value is -1.58. The molecule has 0 aliphatic carbocycles. The van der Waals surface area contributed by atoms with E-state index >= 15 is 0 Å². The molecule has 0 aliphatic heterocycles. The first-order chi connectivity index (χ1) is 10.1. The summed E-state index contributed by atoms with van der Waals surface area (Å²) in [5.41, 5.74) is 2.02. The molecule has 0 aliphatic rings. The lowest BCUT2D eigenvalue weighted by Gasteiger charge is -2.09. The molecule has 3 nitrogen and oxygen atoms in total. The van der Waals surface area contributed by atoms with E-state index in [9.17, 15) is 0 Å². The van der Waals surface area contributed by atoms with Crippen molar-refractivity contribution in [1.82, 2.24) is 10.3 Å². The molecule has 0 amide bonds. The van der Waals surface area contributed by atoms with Crippen LogP contribution in [0.15, 0.2) is 42.5 Å². The van der Waals surface area contributed by atoms with Crippen molar-refractivity contribution in [2.75, 3.05) is 6.54 Å². The van der Waals surface area contributed by atoms with E-state index in [1.165, 1.54) is 0 Å². The summed E-state index contributed by atoms with van der Waals surface area (Å²) in [5, 5.41) is 4.09. The van der Waals surface area contributed by atoms with Crippen LogP contribution in [0.2, 0.25) is 5.02 Å². The molecule has 2 rings (SSSR count). The quantitative estimate of drug-likeness (QED) is 0.837. The standard InChI is InChI=1S/C17H21ClN2O/c1-13(2)10-19-11-16-7-4-8-17(20-16)21-12-14-5-3-6-15(18)9-14/h3-9,13,19H,10-12H2,1-2H3. The zero-order valence-electron chi connectivity index (χ0n) is 12.5. The molecule has 0 bridgehead atoms. The molecule has 1 aromatic carbocycles. The van der Waals surface area contributed by atoms with Gasteiger partial charge < -0.3 is 10.1 Å². The van der Waals surface area contributed by atoms with Crippen molar-refractivity contribution in [3.8, 4) is 5.88 Å². The molecule has 2 aromatic rings. The summed E-state index contributed by atoms with van der Waals surface area (Å²) in [6, 6.07) is 13.5. The van der Waals surface area contributed by atoms with Gasteiger partial charge in [-0.15, -0.1) is 0 Å². The molecule has 112 valence electrons. The van der Waals surface area contributed by atoms with Crippen LogP contribution in [0.5, 0.6) is 5.88 Å². The summed E-state index contributed by atoms with van der Waals surface area (Å²) in [6.07, 6.45) is 0. The topological polar surface area (TPSA) is 34.1 Å². The number of ether oxygens (including phenoxy) is 1. The van der Waals surface area contributed by atoms with Gasteiger partial charge in [-0.25, -0.2) is 4.98 Å². The first kappa shape index (κ1) is 15.8. The molecule has 0 fully saturated rings. The van der Waals surface area contributed by atoms with Crippen molar-refractivity contribution >= 4 is 11.6 Å². The highest BCUT2D eigenvalue weighted by atomic mass is 35.5. The number of nitrogens with zero attached hydrogens (tertiary/aromatic N) is 1. The highest BCUT2D eigenvalue weighted by molar-refractivity contribution is 6.30. The summed E-state index contributed by atoms with van der Waals surface area (Å²) in [4.78, 5) is 4.49. The number of rotatable bonds is 7. The molecule has 1 N–H and O–H groups in total. The lowest BCUT2D eigenvalue weighted by molar-refractivity contribution is 0.292. The van der Waals surface area contributed by atoms with Crippen LogP contribution >= 0.6 is 11.6 Å². The van der Waals surface area contributed by atoms with Gasteiger partial charge in [0.1, 0.15) is 6.61 Å². The van der Waals surface area contributed by atoms with E-state index in [-0.39, 0.29) is 0 Å². The van der Waals surface area contributed by atoms with E-state index < -0.39 is 0 Å². The number of aromatic nitrogens is 1. The van der Waals surface area contributed by atoms with Gasteiger partial charge >= 0.3 is 0 Å². The van der Waals surface area contributed by atoms with Crippen molar-refractivity contribution in [2.45, 2.75) is 27.0 Å². The maximum absolute atomic E-state index is 5.96. The molecule has 0 unspecified atom stereocenters. The molecule has 21 heavy (non-hydrogen) atoms. The third-order valence-corrected chi connectivity index (χ3v) is 3.15. The highest BCUT2D eigenvalue weighted by Gasteiger charge is 2.01. The van der Waals surface area contributed by atoms with Crippen molar-refractivity contribution in [1.29, 1.82) is 0 Å². The second kappa shape index (κ2) is 8.01. The zero-order valence-corrected chi connectivity index (χ0v) is 13.2. The van der Waals surface area contributed by atoms with E-state index in [0.29, 0.717) is 18.4 Å². The van der Waals surface area contributed by atoms with Gasteiger partial charge in [0.25, 0.3) is 0 Å². The van der Waals surface area contributed by atoms with Gasteiger partial charge in [-0.3, -0.25) is 0 Å². The van der Waals surface area contributed by atoms with Crippen molar-refractivity contribution in [3.05, 3.63) is 58.7 Å². The number of benzene rings is 1. The lowest BCUT2D eigenvalue weighted by atomic mass is 10.2. The van der Waals surface area contributed by atoms with Crippen LogP contribution in [0.3, 0.4) is 0 Å². The zero-order chi connectivity index (χ0) is 15.1. The first-order valence-electron chi connectivity index (χ1n) is 7.17. The first-order valence-corrected chi connectivity index (χ1v) is 7.55. The fourth-order valence-corrected chi connectivity index (χ4v) is 2.12. The fraction of sp³-hybridized carbons (Fsp3) is 0.353. The smallest absolute Gasteiger partial charge is 0.213 e. The molecular formula is C17H21ClN2O. The lowest BCUT2D eigenvalue weighted by Crippen LogP contribution is -2.19. The minimum Gasteiger partial charge on any atom is -0.473 e. The molecular weight excluding hydrogens is 284 g/mol. The van der Waals surface area contributed by atoms with Crippen LogP contribution in [-0.4, -0.2) is 11.5 Å². The van der Waals surface area contributed by atoms with Gasteiger partial charge in [0.05, 0.1) is 5.69 Å². The van der Waals surface area contributed by atoms with Crippen LogP contribution in [0, 0.1) is 5.92 Å². The van der Waals surface area contributed by atoms with Gasteiger partial charge in [-0.2, -0.15) is 0 Å². The minimum atomic E-state index is 0.469. The van der Waals surface area contributed by atoms with Crippen molar-refractivity contribution in [3.63, 3.8) is 0 Å². The van der Waals surface area contributed by atoms with E-state index in [4.69, 9.17) is 16.3 Å². The summed E-state index contributed by atoms with van der Waals surface area (Å²) < 4.78 is 5.72. The third-order valence-electron chi connectivity index (χ3n) is 2.92. The molecule has 0 atom stereocenters. The largest absolute Gasteiger partial charge is 0.473 e. The molecule has 0 saturated heterocycles. The number of halogens is 1. The Balaban J connectivity index is 1.88. The third kappa shape index (κ3) is 5.74. The Morgan fingerprint density at radius 3 is 2.76 bits per heavy atom. The number of nitrogens with one attached hydrogen (secondary N) is 1. The SMILES string of the molecule is CC(C)CNCc1cccc(OCc2cccc(Cl)c2)n1. The van der Waals surface area contributed by atoms with Crippen molar-refractivity contribution < 1.29 is 4.74 Å². The average molecular weight is 305 g/mol. The number of pyridine rings is 1. The van der Waals surface area contributed by atoms with Crippen LogP contribution in [0.25, 0.3) is 0 Å². The second-order valence-electron chi connectivity index (χ2n) is 5.41. The summed E-state index contributed by atoms with van der Waals surface area (Å²) in [5.74, 6) is 1.27. The van der Waals surface area contributed by atoms with Crippen LogP contribution in [-0.2, 0) is 13.2 Å². The maximum atomic E-state index is 5.96. The van der Waals surface area contributed by atoms with Crippen LogP contribution in [0.1, 0.15) is 25.1 Å². The van der Waals surface area contributed by atoms with Gasteiger partial charge in [0.15, 0.2) is 0 Å². The second-order valence-corrected chi connectivity index (χ2v) is 5.85. The van der Waals surface area contributed by atoms with E-state index in [1.54, 1.807) is 0 Å². The van der Waals surface area contributed by atoms with Gasteiger partial charge in [0.2, 0.25) is 5.88 Å². The summed E-state index contributed by atoms with van der Waals surface area (Å²) >= 11 is 5.96. The molecule has 1 aromatic heterocycles. The predicted octanol–water partition coefficient (Wildman–Crippen LogP) is 4.06. The van der Waals surface area contributed by atoms with E-state index in [0.717, 1.165) is 29.4 Å². The van der Waals surface area contributed by atoms with Crippen LogP contribution < -0.4 is 10.1 Å². The Kier molecular flexibility index (Phi) is 6.03. The Morgan fingerprint density at radius 1 is 1.19 bits per heavy atom. The number of hydrogen-bond acceptors (Lipinski definition) is 3. The van der Waals surface area contributed by atoms with E-state index in [1.807, 2.05) is 42.5 Å². The van der Waals surface area contributed by atoms with Crippen LogP contribution in [0.4, 0.5) is 0 Å². The monoisotopic (exact) mass is 304 g/mol. The Labute approximate surface area is 131 Å². The highest BCUT2D eigenvalue weighted by Crippen LogP contribution is 2.14. The summed E-state index contributed by atoms with van der Waals surface area (Å²) in [7, 11) is 0.